The van der Waals surface area contributed by atoms with Crippen molar-refractivity contribution < 1.29 is 13.2 Å². The van der Waals surface area contributed by atoms with Gasteiger partial charge in [-0.25, -0.2) is 23.1 Å². The summed E-state index contributed by atoms with van der Waals surface area (Å²) in [4.78, 5) is 11.2. The van der Waals surface area contributed by atoms with Crippen LogP contribution in [0.4, 0.5) is 30.4 Å². The number of halogens is 3. The second-order valence-electron chi connectivity index (χ2n) is 8.88. The van der Waals surface area contributed by atoms with Gasteiger partial charge in [0.1, 0.15) is 23.9 Å². The van der Waals surface area contributed by atoms with Crippen molar-refractivity contribution in [2.45, 2.75) is 18.6 Å². The number of nitrogens with zero attached hydrogens (tertiary/aromatic N) is 5. The average molecular weight is 507 g/mol. The standard InChI is InChI=1S/C26H25F3N8/c1-32-21-11-19(29)16(10-20(21)31)24-23(14-3-4-15(12-30)18(28)9-14)35-26-25(34-6-8-37(24)26)36-7-5-17(27)22(13-36)33-2/h3-4,6,8-11,17,22,32-33H,5,7,13,31H2,1-2H3/t17-,22+/m1/s1. The molecule has 2 atom stereocenters. The molecule has 0 saturated carbocycles. The molecule has 0 aliphatic carbocycles. The minimum atomic E-state index is -0.990. The molecule has 11 heteroatoms. The number of hydrogen-bond donors (Lipinski definition) is 3. The molecule has 0 radical (unpaired) electrons. The fourth-order valence-electron chi connectivity index (χ4n) is 4.77. The molecule has 37 heavy (non-hydrogen) atoms. The third-order valence-electron chi connectivity index (χ3n) is 6.75. The van der Waals surface area contributed by atoms with E-state index in [0.29, 0.717) is 59.3 Å². The van der Waals surface area contributed by atoms with Crippen molar-refractivity contribution >= 4 is 22.8 Å². The van der Waals surface area contributed by atoms with Gasteiger partial charge in [0.05, 0.1) is 34.4 Å². The Hall–Kier alpha value is -4.30. The first-order chi connectivity index (χ1) is 17.9. The lowest BCUT2D eigenvalue weighted by molar-refractivity contribution is 0.222. The van der Waals surface area contributed by atoms with Crippen molar-refractivity contribution in [3.63, 3.8) is 0 Å². The highest BCUT2D eigenvalue weighted by atomic mass is 19.1. The number of imidazole rings is 1. The predicted molar refractivity (Wildman–Crippen MR) is 137 cm³/mol. The number of likely N-dealkylation sites (N-methyl/N-ethyl adjacent to an activating group) is 1. The van der Waals surface area contributed by atoms with E-state index in [1.165, 1.54) is 24.3 Å². The second kappa shape index (κ2) is 9.63. The molecule has 0 bridgehead atoms. The SMILES string of the molecule is CNc1cc(F)c(-c2c(-c3ccc(C#N)c(F)c3)nc3c(N4CC[C@@H](F)[C@@H](NC)C4)nccn23)cc1N. The van der Waals surface area contributed by atoms with Gasteiger partial charge in [0, 0.05) is 43.7 Å². The molecular formula is C26H25F3N8. The van der Waals surface area contributed by atoms with Crippen molar-refractivity contribution in [2.75, 3.05) is 43.1 Å². The topological polar surface area (TPSA) is 107 Å². The molecule has 190 valence electrons. The number of aromatic nitrogens is 3. The first-order valence-corrected chi connectivity index (χ1v) is 11.8. The van der Waals surface area contributed by atoms with Crippen LogP contribution in [0.3, 0.4) is 0 Å². The number of rotatable bonds is 5. The Morgan fingerprint density at radius 3 is 2.68 bits per heavy atom. The molecule has 1 aliphatic heterocycles. The van der Waals surface area contributed by atoms with Crippen molar-refractivity contribution in [1.82, 2.24) is 19.7 Å². The van der Waals surface area contributed by atoms with E-state index in [-0.39, 0.29) is 17.2 Å². The Labute approximate surface area is 211 Å². The van der Waals surface area contributed by atoms with E-state index in [9.17, 15) is 8.78 Å². The second-order valence-corrected chi connectivity index (χ2v) is 8.88. The van der Waals surface area contributed by atoms with Gasteiger partial charge >= 0.3 is 0 Å². The molecule has 3 heterocycles. The zero-order chi connectivity index (χ0) is 26.3. The monoisotopic (exact) mass is 506 g/mol. The van der Waals surface area contributed by atoms with Crippen LogP contribution < -0.4 is 21.3 Å². The predicted octanol–water partition coefficient (Wildman–Crippen LogP) is 3.97. The normalized spacial score (nSPS) is 17.7. The molecule has 1 saturated heterocycles. The number of alkyl halides is 1. The fourth-order valence-corrected chi connectivity index (χ4v) is 4.77. The van der Waals surface area contributed by atoms with Gasteiger partial charge in [0.2, 0.25) is 0 Å². The number of nitrogens with one attached hydrogen (secondary N) is 2. The molecule has 0 unspecified atom stereocenters. The van der Waals surface area contributed by atoms with E-state index < -0.39 is 17.8 Å². The smallest absolute Gasteiger partial charge is 0.181 e. The Bertz CT molecular complexity index is 1530. The maximum absolute atomic E-state index is 15.5. The summed E-state index contributed by atoms with van der Waals surface area (Å²) in [6.07, 6.45) is 2.53. The fraction of sp³-hybridized carbons (Fsp3) is 0.269. The maximum Gasteiger partial charge on any atom is 0.181 e. The first kappa shape index (κ1) is 24.4. The van der Waals surface area contributed by atoms with E-state index in [1.54, 1.807) is 43.0 Å². The van der Waals surface area contributed by atoms with E-state index in [4.69, 9.17) is 16.0 Å². The molecule has 1 fully saturated rings. The Morgan fingerprint density at radius 1 is 1.16 bits per heavy atom. The summed E-state index contributed by atoms with van der Waals surface area (Å²) in [5, 5.41) is 15.0. The van der Waals surface area contributed by atoms with Gasteiger partial charge in [-0.1, -0.05) is 6.07 Å². The van der Waals surface area contributed by atoms with E-state index in [1.807, 2.05) is 4.90 Å². The van der Waals surface area contributed by atoms with Crippen LogP contribution in [0, 0.1) is 23.0 Å². The Balaban J connectivity index is 1.76. The van der Waals surface area contributed by atoms with E-state index in [0.717, 1.165) is 0 Å². The highest BCUT2D eigenvalue weighted by molar-refractivity contribution is 5.87. The van der Waals surface area contributed by atoms with E-state index in [2.05, 4.69) is 15.6 Å². The summed E-state index contributed by atoms with van der Waals surface area (Å²) in [5.74, 6) is -0.771. The number of hydrogen-bond acceptors (Lipinski definition) is 7. The van der Waals surface area contributed by atoms with Crippen LogP contribution >= 0.6 is 0 Å². The highest BCUT2D eigenvalue weighted by Crippen LogP contribution is 2.39. The molecular weight excluding hydrogens is 481 g/mol. The number of anilines is 3. The van der Waals surface area contributed by atoms with Crippen LogP contribution in [-0.4, -0.2) is 53.8 Å². The summed E-state index contributed by atoms with van der Waals surface area (Å²) < 4.78 is 46.1. The molecule has 5 rings (SSSR count). The summed E-state index contributed by atoms with van der Waals surface area (Å²) in [6.45, 7) is 0.790. The highest BCUT2D eigenvalue weighted by Gasteiger charge is 2.31. The lowest BCUT2D eigenvalue weighted by Crippen LogP contribution is -2.51. The third kappa shape index (κ3) is 4.19. The van der Waals surface area contributed by atoms with Crippen LogP contribution in [0.1, 0.15) is 12.0 Å². The molecule has 8 nitrogen and oxygen atoms in total. The zero-order valence-corrected chi connectivity index (χ0v) is 20.3. The third-order valence-corrected chi connectivity index (χ3v) is 6.75. The van der Waals surface area contributed by atoms with Gasteiger partial charge in [-0.15, -0.1) is 0 Å². The van der Waals surface area contributed by atoms with Gasteiger partial charge < -0.3 is 21.3 Å². The van der Waals surface area contributed by atoms with Crippen molar-refractivity contribution in [1.29, 1.82) is 5.26 Å². The molecule has 4 N–H and O–H groups in total. The largest absolute Gasteiger partial charge is 0.397 e. The van der Waals surface area contributed by atoms with Crippen LogP contribution in [0.2, 0.25) is 0 Å². The van der Waals surface area contributed by atoms with Gasteiger partial charge in [0.25, 0.3) is 0 Å². The molecule has 0 spiro atoms. The number of fused-ring (bicyclic) bond motifs is 1. The lowest BCUT2D eigenvalue weighted by Gasteiger charge is -2.35. The minimum absolute atomic E-state index is 0.114. The molecule has 2 aromatic carbocycles. The Kier molecular flexibility index (Phi) is 6.35. The summed E-state index contributed by atoms with van der Waals surface area (Å²) in [7, 11) is 3.35. The number of nitrogens with two attached hydrogens (primary N) is 1. The first-order valence-electron chi connectivity index (χ1n) is 11.8. The van der Waals surface area contributed by atoms with Crippen LogP contribution in [0.5, 0.6) is 0 Å². The number of benzene rings is 2. The van der Waals surface area contributed by atoms with Crippen molar-refractivity contribution in [2.24, 2.45) is 0 Å². The van der Waals surface area contributed by atoms with Crippen LogP contribution in [-0.2, 0) is 0 Å². The maximum atomic E-state index is 15.5. The van der Waals surface area contributed by atoms with Crippen molar-refractivity contribution in [3.05, 3.63) is 59.9 Å². The molecule has 0 amide bonds. The number of nitriles is 1. The molecule has 1 aliphatic rings. The van der Waals surface area contributed by atoms with E-state index >= 15 is 4.39 Å². The summed E-state index contributed by atoms with van der Waals surface area (Å²) in [5.41, 5.74) is 8.37. The summed E-state index contributed by atoms with van der Waals surface area (Å²) in [6, 6.07) is 8.33. The van der Waals surface area contributed by atoms with Gasteiger partial charge in [-0.05, 0) is 37.7 Å². The number of piperidine rings is 1. The average Bonchev–Trinajstić information content (AvgIpc) is 3.29. The zero-order valence-electron chi connectivity index (χ0n) is 20.3. The van der Waals surface area contributed by atoms with Gasteiger partial charge in [0.15, 0.2) is 11.5 Å². The van der Waals surface area contributed by atoms with Crippen molar-refractivity contribution in [3.8, 4) is 28.6 Å². The Morgan fingerprint density at radius 2 is 1.97 bits per heavy atom. The van der Waals surface area contributed by atoms with Gasteiger partial charge in [-0.3, -0.25) is 4.40 Å². The van der Waals surface area contributed by atoms with Gasteiger partial charge in [-0.2, -0.15) is 5.26 Å². The quantitative estimate of drug-likeness (QED) is 0.352. The van der Waals surface area contributed by atoms with Crippen LogP contribution in [0.15, 0.2) is 42.7 Å². The molecule has 4 aromatic rings. The minimum Gasteiger partial charge on any atom is -0.397 e. The lowest BCUT2D eigenvalue weighted by atomic mass is 10.0. The summed E-state index contributed by atoms with van der Waals surface area (Å²) >= 11 is 0. The van der Waals surface area contributed by atoms with Crippen LogP contribution in [0.25, 0.3) is 28.2 Å². The number of nitrogen functional groups attached to an aromatic ring is 1. The molecule has 2 aromatic heterocycles.